The molecule has 102 valence electrons. The number of aliphatic hydroxyl groups is 1. The van der Waals surface area contributed by atoms with Crippen LogP contribution in [0.1, 0.15) is 27.0 Å². The molecule has 21 heavy (non-hydrogen) atoms. The van der Waals surface area contributed by atoms with Crippen LogP contribution >= 0.6 is 0 Å². The molecule has 0 aliphatic rings. The summed E-state index contributed by atoms with van der Waals surface area (Å²) in [4.78, 5) is 10.7. The van der Waals surface area contributed by atoms with E-state index in [9.17, 15) is 4.79 Å². The molecule has 0 fully saturated rings. The molecule has 0 aliphatic carbocycles. The van der Waals surface area contributed by atoms with Crippen molar-refractivity contribution in [2.75, 3.05) is 0 Å². The lowest BCUT2D eigenvalue weighted by atomic mass is 10.1. The zero-order chi connectivity index (χ0) is 15.1. The van der Waals surface area contributed by atoms with Crippen LogP contribution in [0, 0.1) is 23.7 Å². The van der Waals surface area contributed by atoms with Gasteiger partial charge in [-0.3, -0.25) is 0 Å². The first-order valence-corrected chi connectivity index (χ1v) is 6.24. The van der Waals surface area contributed by atoms with Crippen molar-refractivity contribution in [2.24, 2.45) is 0 Å². The average Bonchev–Trinajstić information content (AvgIpc) is 2.52. The quantitative estimate of drug-likeness (QED) is 0.827. The molecule has 3 heteroatoms. The molecule has 0 amide bonds. The van der Waals surface area contributed by atoms with Crippen LogP contribution in [0.4, 0.5) is 0 Å². The molecular weight excluding hydrogens is 264 g/mol. The standard InChI is InChI=1S/C18H12O3/c19-13-16-7-5-14(6-8-16)3-1-2-4-15-9-11-17(12-10-15)18(20)21/h5-12,19H,13H2,(H,20,21). The number of benzene rings is 2. The summed E-state index contributed by atoms with van der Waals surface area (Å²) < 4.78 is 0. The number of rotatable bonds is 2. The summed E-state index contributed by atoms with van der Waals surface area (Å²) in [7, 11) is 0. The van der Waals surface area contributed by atoms with Crippen molar-refractivity contribution in [3.8, 4) is 23.7 Å². The molecule has 0 aliphatic heterocycles. The van der Waals surface area contributed by atoms with Crippen LogP contribution in [0.25, 0.3) is 0 Å². The highest BCUT2D eigenvalue weighted by molar-refractivity contribution is 5.87. The topological polar surface area (TPSA) is 57.5 Å². The summed E-state index contributed by atoms with van der Waals surface area (Å²) >= 11 is 0. The van der Waals surface area contributed by atoms with Crippen molar-refractivity contribution >= 4 is 5.97 Å². The Hall–Kier alpha value is -3.01. The number of hydrogen-bond donors (Lipinski definition) is 2. The Morgan fingerprint density at radius 3 is 1.76 bits per heavy atom. The highest BCUT2D eigenvalue weighted by Gasteiger charge is 1.99. The first-order valence-electron chi connectivity index (χ1n) is 6.24. The SMILES string of the molecule is O=C(O)c1ccc(C#CC#Cc2ccc(CO)cc2)cc1. The van der Waals surface area contributed by atoms with Crippen molar-refractivity contribution < 1.29 is 15.0 Å². The Balaban J connectivity index is 2.06. The third kappa shape index (κ3) is 4.24. The van der Waals surface area contributed by atoms with Gasteiger partial charge in [0.05, 0.1) is 12.2 Å². The normalized spacial score (nSPS) is 9.00. The van der Waals surface area contributed by atoms with Gasteiger partial charge in [-0.2, -0.15) is 0 Å². The van der Waals surface area contributed by atoms with E-state index in [2.05, 4.69) is 23.7 Å². The molecule has 0 aromatic heterocycles. The van der Waals surface area contributed by atoms with Crippen molar-refractivity contribution in [1.29, 1.82) is 0 Å². The molecule has 0 saturated heterocycles. The number of aromatic carboxylic acids is 1. The molecule has 2 aromatic carbocycles. The molecule has 0 heterocycles. The van der Waals surface area contributed by atoms with Gasteiger partial charge in [-0.05, 0) is 53.8 Å². The summed E-state index contributed by atoms with van der Waals surface area (Å²) in [6, 6.07) is 13.6. The predicted octanol–water partition coefficient (Wildman–Crippen LogP) is 2.28. The maximum absolute atomic E-state index is 10.7. The van der Waals surface area contributed by atoms with Crippen molar-refractivity contribution in [2.45, 2.75) is 6.61 Å². The van der Waals surface area contributed by atoms with E-state index in [-0.39, 0.29) is 12.2 Å². The average molecular weight is 276 g/mol. The third-order valence-corrected chi connectivity index (χ3v) is 2.74. The Morgan fingerprint density at radius 2 is 1.33 bits per heavy atom. The van der Waals surface area contributed by atoms with Gasteiger partial charge < -0.3 is 10.2 Å². The zero-order valence-electron chi connectivity index (χ0n) is 11.1. The maximum Gasteiger partial charge on any atom is 0.335 e. The van der Waals surface area contributed by atoms with Gasteiger partial charge in [0.1, 0.15) is 0 Å². The fourth-order valence-electron chi connectivity index (χ4n) is 1.60. The Morgan fingerprint density at radius 1 is 0.857 bits per heavy atom. The Kier molecular flexibility index (Phi) is 4.77. The monoisotopic (exact) mass is 276 g/mol. The Bertz CT molecular complexity index is 749. The molecule has 0 atom stereocenters. The molecule has 0 spiro atoms. The molecule has 2 aromatic rings. The van der Waals surface area contributed by atoms with Crippen LogP contribution < -0.4 is 0 Å². The van der Waals surface area contributed by atoms with Gasteiger partial charge in [0, 0.05) is 11.1 Å². The van der Waals surface area contributed by atoms with E-state index < -0.39 is 5.97 Å². The second kappa shape index (κ2) is 6.96. The minimum absolute atomic E-state index is 0.0137. The largest absolute Gasteiger partial charge is 0.478 e. The van der Waals surface area contributed by atoms with E-state index >= 15 is 0 Å². The van der Waals surface area contributed by atoms with Gasteiger partial charge in [-0.25, -0.2) is 4.79 Å². The summed E-state index contributed by atoms with van der Waals surface area (Å²) in [6.07, 6.45) is 0. The summed E-state index contributed by atoms with van der Waals surface area (Å²) in [5.74, 6) is 10.2. The van der Waals surface area contributed by atoms with Gasteiger partial charge in [-0.1, -0.05) is 24.0 Å². The number of aliphatic hydroxyl groups excluding tert-OH is 1. The number of hydrogen-bond acceptors (Lipinski definition) is 2. The maximum atomic E-state index is 10.7. The predicted molar refractivity (Wildman–Crippen MR) is 79.5 cm³/mol. The molecule has 3 nitrogen and oxygen atoms in total. The minimum Gasteiger partial charge on any atom is -0.478 e. The third-order valence-electron chi connectivity index (χ3n) is 2.74. The van der Waals surface area contributed by atoms with E-state index in [0.29, 0.717) is 5.56 Å². The first kappa shape index (κ1) is 14.4. The lowest BCUT2D eigenvalue weighted by Crippen LogP contribution is -1.94. The minimum atomic E-state index is -0.958. The van der Waals surface area contributed by atoms with E-state index in [4.69, 9.17) is 10.2 Å². The second-order valence-corrected chi connectivity index (χ2v) is 4.24. The Labute approximate surface area is 122 Å². The van der Waals surface area contributed by atoms with Gasteiger partial charge in [0.25, 0.3) is 0 Å². The van der Waals surface area contributed by atoms with Crippen LogP contribution in [-0.2, 0) is 6.61 Å². The fraction of sp³-hybridized carbons (Fsp3) is 0.0556. The first-order chi connectivity index (χ1) is 10.2. The lowest BCUT2D eigenvalue weighted by molar-refractivity contribution is 0.0697. The van der Waals surface area contributed by atoms with E-state index in [1.165, 1.54) is 12.1 Å². The second-order valence-electron chi connectivity index (χ2n) is 4.24. The number of carbonyl (C=O) groups is 1. The summed E-state index contributed by atoms with van der Waals surface area (Å²) in [6.45, 7) is 0.0137. The number of carboxylic acid groups (broad SMARTS) is 1. The molecule has 2 N–H and O–H groups in total. The van der Waals surface area contributed by atoms with E-state index in [1.54, 1.807) is 12.1 Å². The van der Waals surface area contributed by atoms with E-state index in [1.807, 2.05) is 24.3 Å². The summed E-state index contributed by atoms with van der Waals surface area (Å²) in [5, 5.41) is 17.7. The molecule has 0 saturated carbocycles. The molecule has 0 bridgehead atoms. The van der Waals surface area contributed by atoms with Crippen molar-refractivity contribution in [3.63, 3.8) is 0 Å². The van der Waals surface area contributed by atoms with Gasteiger partial charge in [0.15, 0.2) is 0 Å². The van der Waals surface area contributed by atoms with Gasteiger partial charge in [-0.15, -0.1) is 0 Å². The fourth-order valence-corrected chi connectivity index (χ4v) is 1.60. The molecule has 0 unspecified atom stereocenters. The smallest absolute Gasteiger partial charge is 0.335 e. The van der Waals surface area contributed by atoms with Crippen LogP contribution in [0.5, 0.6) is 0 Å². The zero-order valence-corrected chi connectivity index (χ0v) is 11.1. The van der Waals surface area contributed by atoms with Gasteiger partial charge in [0.2, 0.25) is 0 Å². The highest BCUT2D eigenvalue weighted by atomic mass is 16.4. The molecule has 2 rings (SSSR count). The van der Waals surface area contributed by atoms with Crippen LogP contribution in [0.3, 0.4) is 0 Å². The van der Waals surface area contributed by atoms with E-state index in [0.717, 1.165) is 11.1 Å². The molecular formula is C18H12O3. The van der Waals surface area contributed by atoms with Crippen LogP contribution in [-0.4, -0.2) is 16.2 Å². The summed E-state index contributed by atoms with van der Waals surface area (Å²) in [5.41, 5.74) is 2.61. The van der Waals surface area contributed by atoms with Crippen molar-refractivity contribution in [1.82, 2.24) is 0 Å². The number of carboxylic acids is 1. The highest BCUT2D eigenvalue weighted by Crippen LogP contribution is 2.03. The molecule has 0 radical (unpaired) electrons. The van der Waals surface area contributed by atoms with Gasteiger partial charge >= 0.3 is 5.97 Å². The lowest BCUT2D eigenvalue weighted by Gasteiger charge is -1.94. The van der Waals surface area contributed by atoms with Crippen LogP contribution in [0.2, 0.25) is 0 Å². The van der Waals surface area contributed by atoms with Crippen molar-refractivity contribution in [3.05, 3.63) is 70.8 Å². The van der Waals surface area contributed by atoms with Crippen LogP contribution in [0.15, 0.2) is 48.5 Å².